The summed E-state index contributed by atoms with van der Waals surface area (Å²) in [5.74, 6) is -14.9. The van der Waals surface area contributed by atoms with Crippen molar-refractivity contribution in [2.75, 3.05) is 20.1 Å². The summed E-state index contributed by atoms with van der Waals surface area (Å²) in [6, 6.07) is 32.6. The third-order valence-corrected chi connectivity index (χ3v) is 23.5. The number of carbonyl (C=O) groups excluding carboxylic acids is 10. The number of ketones is 2. The topological polar surface area (TPSA) is 657 Å². The monoisotopic (exact) mass is 2200 g/mol. The van der Waals surface area contributed by atoms with Crippen molar-refractivity contribution in [1.29, 1.82) is 0 Å². The van der Waals surface area contributed by atoms with Gasteiger partial charge in [-0.05, 0) is 138 Å². The van der Waals surface area contributed by atoms with E-state index in [1.165, 1.54) is 69.9 Å². The summed E-state index contributed by atoms with van der Waals surface area (Å²) in [7, 11) is -13.8. The van der Waals surface area contributed by atoms with Gasteiger partial charge in [0.1, 0.15) is 21.5 Å². The zero-order valence-electron chi connectivity index (χ0n) is 77.4. The van der Waals surface area contributed by atoms with Crippen LogP contribution >= 0.6 is 34.8 Å². The van der Waals surface area contributed by atoms with Crippen molar-refractivity contribution >= 4 is 192 Å². The van der Waals surface area contributed by atoms with Crippen molar-refractivity contribution in [3.8, 4) is 5.75 Å². The van der Waals surface area contributed by atoms with E-state index in [1.807, 2.05) is 55.4 Å². The van der Waals surface area contributed by atoms with Crippen LogP contribution in [0.2, 0.25) is 15.1 Å². The summed E-state index contributed by atoms with van der Waals surface area (Å²) in [6.07, 6.45) is 0.724. The van der Waals surface area contributed by atoms with Gasteiger partial charge in [-0.2, -0.15) is 9.26 Å². The molecule has 0 spiro atoms. The van der Waals surface area contributed by atoms with Crippen molar-refractivity contribution in [3.05, 3.63) is 275 Å². The third kappa shape index (κ3) is 33.1. The molecule has 13 aromatic rings. The molecule has 0 bridgehead atoms. The van der Waals surface area contributed by atoms with Gasteiger partial charge in [-0.1, -0.05) is 145 Å². The summed E-state index contributed by atoms with van der Waals surface area (Å²) in [6.45, 7) is 15.6. The number of nitrogens with zero attached hydrogens (tertiary/aromatic N) is 11. The van der Waals surface area contributed by atoms with E-state index >= 15 is 0 Å². The third-order valence-electron chi connectivity index (χ3n) is 18.9. The maximum absolute atomic E-state index is 14.9. The number of azo groups is 2. The Labute approximate surface area is 1090 Å². The minimum atomic E-state index is -5.09. The molecule has 0 aliphatic rings. The van der Waals surface area contributed by atoms with Crippen LogP contribution in [0.15, 0.2) is 216 Å². The van der Waals surface area contributed by atoms with E-state index in [2.05, 4.69) is 75.9 Å². The molecule has 0 fully saturated rings. The number of halogens is 4. The first-order valence-corrected chi connectivity index (χ1v) is 44.2. The van der Waals surface area contributed by atoms with Crippen LogP contribution in [0.3, 0.4) is 0 Å². The number of hydrogen-bond donors (Lipinski definition) is 7. The van der Waals surface area contributed by atoms with Gasteiger partial charge in [0, 0.05) is 74.8 Å². The van der Waals surface area contributed by atoms with Crippen LogP contribution in [0.4, 0.5) is 55.6 Å². The number of benzene rings is 9. The SMILES string of the molecule is CCc1nc2c(N=Nc3ccc(S(=O)(=O)Nc4ccc(C(=O)[O-])c(C(=O)[O-])c4)cc3Cl)c(C(C)(C)C)[nH]n2n1.CCc1nc2c(N=Nc3ccc(S(=O)(=O)Nc4ccc(C(=O)[O-])c(C(=O)[O-])c4)cc3F)c(C(C)(C)C)[nH]n2n1.O=C(Nc1cc(C(=O)Cc2cc(C(=O)[O-])cc(C(=O)[O-])c2)ccc1Cl)C(=Nc1cc(Cl)c(O)c(NC(=O)c2ccccc2S(=O)(=O)[O-])c1)C(=O)c1ccccc1.[K+].[K+].[K+].[K+].[K+].[K+].[Na+]. The van der Waals surface area contributed by atoms with E-state index in [0.29, 0.717) is 52.9 Å². The molecule has 13 rings (SSSR count). The summed E-state index contributed by atoms with van der Waals surface area (Å²) in [4.78, 5) is 133. The molecule has 0 aliphatic heterocycles. The average Bonchev–Trinajstić information content (AvgIpc) is 1.61. The first-order chi connectivity index (χ1) is 62.8. The Morgan fingerprint density at radius 2 is 0.929 bits per heavy atom. The number of rotatable bonds is 29. The fraction of sp³-hybridized carbons (Fsp3) is 0.151. The summed E-state index contributed by atoms with van der Waals surface area (Å²) >= 11 is 18.9. The van der Waals surface area contributed by atoms with Gasteiger partial charge in [-0.15, -0.1) is 30.7 Å². The number of anilines is 4. The van der Waals surface area contributed by atoms with Crippen molar-refractivity contribution in [3.63, 3.8) is 0 Å². The van der Waals surface area contributed by atoms with E-state index in [9.17, 15) is 118 Å². The number of hydrogen-bond acceptors (Lipinski definition) is 33. The minimum absolute atomic E-state index is 0. The number of fused-ring (bicyclic) bond motifs is 2. The molecule has 7 N–H and O–H groups in total. The fourth-order valence-electron chi connectivity index (χ4n) is 12.4. The van der Waals surface area contributed by atoms with Gasteiger partial charge in [-0.25, -0.2) is 44.6 Å². The van der Waals surface area contributed by atoms with Gasteiger partial charge in [-0.3, -0.25) is 38.8 Å². The van der Waals surface area contributed by atoms with Crippen LogP contribution in [0, 0.1) is 5.82 Å². The molecule has 2 amide bonds. The number of amides is 2. The molecular weight excluding hydrogens is 2130 g/mol. The number of aromatic carboxylic acids is 6. The van der Waals surface area contributed by atoms with Gasteiger partial charge < -0.3 is 79.7 Å². The number of aromatic amines is 2. The van der Waals surface area contributed by atoms with Crippen LogP contribution in [0.25, 0.3) is 11.3 Å². The molecule has 4 heterocycles. The van der Waals surface area contributed by atoms with Crippen LogP contribution in [0.5, 0.6) is 5.75 Å². The Morgan fingerprint density at radius 3 is 1.38 bits per heavy atom. The maximum Gasteiger partial charge on any atom is 1.00 e. The Balaban J connectivity index is 0.000000440. The van der Waals surface area contributed by atoms with Crippen molar-refractivity contribution in [1.82, 2.24) is 39.6 Å². The second-order valence-electron chi connectivity index (χ2n) is 30.5. The number of aromatic nitrogens is 8. The Bertz CT molecular complexity index is 7250. The second-order valence-corrected chi connectivity index (χ2v) is 36.5. The predicted octanol–water partition coefficient (Wildman–Crippen LogP) is -12.9. The van der Waals surface area contributed by atoms with Gasteiger partial charge in [0.2, 0.25) is 17.1 Å². The largest absolute Gasteiger partial charge is 1.00 e. The molecule has 0 radical (unpaired) electrons. The number of carbonyl (C=O) groups is 10. The predicted molar refractivity (Wildman–Crippen MR) is 465 cm³/mol. The molecule has 41 nitrogen and oxygen atoms in total. The molecule has 0 unspecified atom stereocenters. The van der Waals surface area contributed by atoms with E-state index in [-0.39, 0.29) is 409 Å². The number of aryl methyl sites for hydroxylation is 2. The molecule has 141 heavy (non-hydrogen) atoms. The zero-order valence-corrected chi connectivity index (χ0v) is 103. The van der Waals surface area contributed by atoms with Crippen LogP contribution in [-0.2, 0) is 65.1 Å². The first kappa shape index (κ1) is 128. The molecule has 692 valence electrons. The molecule has 9 aromatic carbocycles. The molecule has 0 aliphatic carbocycles. The molecule has 0 saturated carbocycles. The first-order valence-electron chi connectivity index (χ1n) is 38.7. The average molecular weight is 2200 g/mol. The van der Waals surface area contributed by atoms with Crippen molar-refractivity contribution in [2.45, 2.75) is 100 Å². The van der Waals surface area contributed by atoms with Crippen LogP contribution < -0.4 is 389 Å². The molecule has 55 heteroatoms. The summed E-state index contributed by atoms with van der Waals surface area (Å²) in [5, 5.41) is 114. The maximum atomic E-state index is 14.9. The quantitative estimate of drug-likeness (QED) is 0.00435. The minimum Gasteiger partial charge on any atom is -0.744 e. The fourth-order valence-corrected chi connectivity index (χ4v) is 15.9. The number of Topliss-reactive ketones (excluding diaryl/α,β-unsaturated/α-hetero) is 2. The summed E-state index contributed by atoms with van der Waals surface area (Å²) in [5.41, 5.74) is -4.35. The molecule has 0 saturated heterocycles. The standard InChI is InChI=1S/C38H25Cl2N3O12S.C24H24ClN7O6S.C24H24FN7O6S.6K.Na/c39-26-11-10-21(30(44)14-19-12-22(37(49)50)15-23(13-19)38(51)52)16-28(26)42-36(48)32(33(45)20-6-2-1-3-7-20)41-24-17-27(40)34(46)29(18-24)43-35(47)25-8-4-5-9-31(25)56(53,54)55;2*1-5-18-26-21-19(20(24(2,3)4)30-32(21)29-18)28-27-17-9-7-13(11-16(17)25)39(37,38)31-12-6-8-14(22(33)34)15(10-12)23(35)36;;;;;;;/h1-13,15-18,46H,14H2,(H,42,48)(H,43,47)(H,49,50)(H,51,52)(H,53,54,55);2*6-11,30-31H,5H2,1-4H3,(H,33,34)(H,35,36);;;;;;;/q;;;7*+1/p-7. The molecular formula is C86H66Cl3FK6N17NaO24S3. The normalized spacial score (nSPS) is 11.3. The number of aromatic hydroxyl groups is 1. The van der Waals surface area contributed by atoms with Gasteiger partial charge in [0.25, 0.3) is 31.9 Å². The smallest absolute Gasteiger partial charge is 0.744 e. The van der Waals surface area contributed by atoms with Gasteiger partial charge >= 0.3 is 338 Å². The molecule has 4 aromatic heterocycles. The van der Waals surface area contributed by atoms with Crippen molar-refractivity contribution < 1.29 is 456 Å². The summed E-state index contributed by atoms with van der Waals surface area (Å²) < 4.78 is 109. The van der Waals surface area contributed by atoms with Crippen molar-refractivity contribution in [2.24, 2.45) is 25.4 Å². The van der Waals surface area contributed by atoms with Gasteiger partial charge in [0.05, 0.1) is 99.6 Å². The van der Waals surface area contributed by atoms with E-state index in [1.54, 1.807) is 6.07 Å². The Morgan fingerprint density at radius 1 is 0.468 bits per heavy atom. The Kier molecular flexibility index (Phi) is 50.2. The van der Waals surface area contributed by atoms with E-state index < -0.39 is 178 Å². The van der Waals surface area contributed by atoms with E-state index in [0.717, 1.165) is 115 Å². The van der Waals surface area contributed by atoms with Crippen LogP contribution in [0.1, 0.15) is 177 Å². The Hall–Kier alpha value is -4.86. The van der Waals surface area contributed by atoms with Gasteiger partial charge in [0.15, 0.2) is 46.1 Å². The number of phenolic OH excluding ortho intramolecular Hbond substituents is 1. The zero-order chi connectivity index (χ0) is 98.3. The second kappa shape index (κ2) is 55.1. The number of sulfonamides is 2. The van der Waals surface area contributed by atoms with Crippen LogP contribution in [-0.4, -0.2) is 139 Å². The number of aliphatic imine (C=N–C) groups is 1. The number of carboxylic acids is 6. The molecule has 0 atom stereocenters. The number of carboxylic acid groups (broad SMARTS) is 6. The number of phenols is 1. The van der Waals surface area contributed by atoms with E-state index in [4.69, 9.17) is 34.8 Å². The number of H-pyrrole nitrogens is 2. The number of nitrogens with one attached hydrogen (secondary N) is 6.